The fourth-order valence-corrected chi connectivity index (χ4v) is 3.36. The van der Waals surface area contributed by atoms with Gasteiger partial charge in [0.15, 0.2) is 0 Å². The monoisotopic (exact) mass is 301 g/mol. The third kappa shape index (κ3) is 3.08. The molecule has 5 heteroatoms. The zero-order valence-electron chi connectivity index (χ0n) is 13.0. The highest BCUT2D eigenvalue weighted by atomic mass is 16.2. The van der Waals surface area contributed by atoms with Crippen molar-refractivity contribution < 1.29 is 9.59 Å². The molecule has 0 radical (unpaired) electrons. The standard InChI is InChI=1S/C17H23N3O2/c1-12(18-17(22)19-14-7-3-4-8-14)16(21)20-11-10-13-6-2-5-9-15(13)20/h2,5-6,9,12,14H,3-4,7-8,10-11H2,1H3,(H2,18,19,22). The highest BCUT2D eigenvalue weighted by Gasteiger charge is 2.29. The minimum Gasteiger partial charge on any atom is -0.335 e. The molecule has 3 rings (SSSR count). The Kier molecular flexibility index (Phi) is 4.32. The number of hydrogen-bond donors (Lipinski definition) is 2. The van der Waals surface area contributed by atoms with Gasteiger partial charge < -0.3 is 15.5 Å². The van der Waals surface area contributed by atoms with Crippen molar-refractivity contribution in [1.29, 1.82) is 0 Å². The third-order valence-electron chi connectivity index (χ3n) is 4.56. The lowest BCUT2D eigenvalue weighted by Gasteiger charge is -2.23. The Hall–Kier alpha value is -2.04. The van der Waals surface area contributed by atoms with Gasteiger partial charge in [0, 0.05) is 18.3 Å². The van der Waals surface area contributed by atoms with E-state index in [0.29, 0.717) is 6.54 Å². The van der Waals surface area contributed by atoms with Crippen LogP contribution >= 0.6 is 0 Å². The van der Waals surface area contributed by atoms with Gasteiger partial charge in [-0.1, -0.05) is 31.0 Å². The van der Waals surface area contributed by atoms with Crippen LogP contribution in [0.3, 0.4) is 0 Å². The van der Waals surface area contributed by atoms with Gasteiger partial charge in [-0.25, -0.2) is 4.79 Å². The fourth-order valence-electron chi connectivity index (χ4n) is 3.36. The van der Waals surface area contributed by atoms with Crippen molar-refractivity contribution in [3.8, 4) is 0 Å². The van der Waals surface area contributed by atoms with Gasteiger partial charge in [-0.05, 0) is 37.8 Å². The molecule has 3 amide bonds. The number of para-hydroxylation sites is 1. The largest absolute Gasteiger partial charge is 0.335 e. The maximum atomic E-state index is 12.6. The predicted octanol–water partition coefficient (Wildman–Crippen LogP) is 2.21. The van der Waals surface area contributed by atoms with E-state index in [2.05, 4.69) is 10.6 Å². The SMILES string of the molecule is CC(NC(=O)NC1CCCC1)C(=O)N1CCc2ccccc21. The lowest BCUT2D eigenvalue weighted by molar-refractivity contribution is -0.119. The molecule has 2 N–H and O–H groups in total. The van der Waals surface area contributed by atoms with Crippen LogP contribution < -0.4 is 15.5 Å². The van der Waals surface area contributed by atoms with Gasteiger partial charge in [-0.2, -0.15) is 0 Å². The maximum Gasteiger partial charge on any atom is 0.315 e. The summed E-state index contributed by atoms with van der Waals surface area (Å²) in [6, 6.07) is 7.44. The number of benzene rings is 1. The first-order valence-corrected chi connectivity index (χ1v) is 8.11. The predicted molar refractivity (Wildman–Crippen MR) is 85.9 cm³/mol. The molecule has 1 aliphatic heterocycles. The summed E-state index contributed by atoms with van der Waals surface area (Å²) in [4.78, 5) is 26.3. The van der Waals surface area contributed by atoms with Gasteiger partial charge in [0.1, 0.15) is 6.04 Å². The summed E-state index contributed by atoms with van der Waals surface area (Å²) >= 11 is 0. The summed E-state index contributed by atoms with van der Waals surface area (Å²) in [5, 5.41) is 5.73. The van der Waals surface area contributed by atoms with Crippen molar-refractivity contribution in [2.24, 2.45) is 0 Å². The number of carbonyl (C=O) groups excluding carboxylic acids is 2. The van der Waals surface area contributed by atoms with Gasteiger partial charge in [-0.3, -0.25) is 4.79 Å². The molecule has 1 aromatic rings. The molecule has 22 heavy (non-hydrogen) atoms. The summed E-state index contributed by atoms with van der Waals surface area (Å²) in [5.41, 5.74) is 2.16. The van der Waals surface area contributed by atoms with E-state index in [-0.39, 0.29) is 18.0 Å². The molecule has 2 aliphatic rings. The molecule has 118 valence electrons. The first-order chi connectivity index (χ1) is 10.6. The first kappa shape index (κ1) is 14.9. The number of anilines is 1. The minimum atomic E-state index is -0.521. The lowest BCUT2D eigenvalue weighted by atomic mass is 10.2. The van der Waals surface area contributed by atoms with Crippen LogP contribution in [0.1, 0.15) is 38.2 Å². The molecule has 5 nitrogen and oxygen atoms in total. The van der Waals surface area contributed by atoms with E-state index in [4.69, 9.17) is 0 Å². The molecule has 0 bridgehead atoms. The number of fused-ring (bicyclic) bond motifs is 1. The quantitative estimate of drug-likeness (QED) is 0.899. The summed E-state index contributed by atoms with van der Waals surface area (Å²) in [5.74, 6) is -0.0495. The van der Waals surface area contributed by atoms with Crippen LogP contribution in [0.4, 0.5) is 10.5 Å². The molecule has 1 saturated carbocycles. The van der Waals surface area contributed by atoms with Gasteiger partial charge in [0.25, 0.3) is 0 Å². The van der Waals surface area contributed by atoms with Crippen molar-refractivity contribution in [2.75, 3.05) is 11.4 Å². The maximum absolute atomic E-state index is 12.6. The Morgan fingerprint density at radius 1 is 1.23 bits per heavy atom. The topological polar surface area (TPSA) is 61.4 Å². The van der Waals surface area contributed by atoms with Crippen molar-refractivity contribution in [2.45, 2.75) is 51.1 Å². The molecular formula is C17H23N3O2. The Labute approximate surface area is 131 Å². The molecule has 0 aromatic heterocycles. The molecule has 1 aliphatic carbocycles. The summed E-state index contributed by atoms with van der Waals surface area (Å²) < 4.78 is 0. The summed E-state index contributed by atoms with van der Waals surface area (Å²) in [7, 11) is 0. The molecule has 1 heterocycles. The minimum absolute atomic E-state index is 0.0495. The average Bonchev–Trinajstić information content (AvgIpc) is 3.15. The van der Waals surface area contributed by atoms with E-state index in [1.54, 1.807) is 11.8 Å². The normalized spacial score (nSPS) is 18.9. The molecule has 0 spiro atoms. The van der Waals surface area contributed by atoms with Crippen molar-refractivity contribution in [3.05, 3.63) is 29.8 Å². The van der Waals surface area contributed by atoms with Crippen LogP contribution in [0, 0.1) is 0 Å². The number of rotatable bonds is 3. The molecule has 0 saturated heterocycles. The summed E-state index contributed by atoms with van der Waals surface area (Å²) in [6.45, 7) is 2.44. The number of nitrogens with one attached hydrogen (secondary N) is 2. The zero-order valence-corrected chi connectivity index (χ0v) is 13.0. The first-order valence-electron chi connectivity index (χ1n) is 8.11. The highest BCUT2D eigenvalue weighted by Crippen LogP contribution is 2.27. The van der Waals surface area contributed by atoms with Crippen LogP contribution in [0.5, 0.6) is 0 Å². The average molecular weight is 301 g/mol. The van der Waals surface area contributed by atoms with Gasteiger partial charge in [0.05, 0.1) is 0 Å². The van der Waals surface area contributed by atoms with E-state index >= 15 is 0 Å². The van der Waals surface area contributed by atoms with Crippen LogP contribution in [-0.2, 0) is 11.2 Å². The fraction of sp³-hybridized carbons (Fsp3) is 0.529. The van der Waals surface area contributed by atoms with Crippen LogP contribution in [0.15, 0.2) is 24.3 Å². The third-order valence-corrected chi connectivity index (χ3v) is 4.56. The number of hydrogen-bond acceptors (Lipinski definition) is 2. The van der Waals surface area contributed by atoms with E-state index in [1.165, 1.54) is 18.4 Å². The number of urea groups is 1. The number of nitrogens with zero attached hydrogens (tertiary/aromatic N) is 1. The summed E-state index contributed by atoms with van der Waals surface area (Å²) in [6.07, 6.45) is 5.29. The molecule has 1 aromatic carbocycles. The second-order valence-electron chi connectivity index (χ2n) is 6.19. The highest BCUT2D eigenvalue weighted by molar-refractivity contribution is 6.00. The molecule has 1 fully saturated rings. The van der Waals surface area contributed by atoms with E-state index in [1.807, 2.05) is 24.3 Å². The van der Waals surface area contributed by atoms with Gasteiger partial charge in [0.2, 0.25) is 5.91 Å². The smallest absolute Gasteiger partial charge is 0.315 e. The van der Waals surface area contributed by atoms with E-state index in [0.717, 1.165) is 24.9 Å². The number of carbonyl (C=O) groups is 2. The van der Waals surface area contributed by atoms with Crippen molar-refractivity contribution in [1.82, 2.24) is 10.6 Å². The molecule has 1 atom stereocenters. The van der Waals surface area contributed by atoms with E-state index < -0.39 is 6.04 Å². The number of amides is 3. The van der Waals surface area contributed by atoms with Crippen molar-refractivity contribution in [3.63, 3.8) is 0 Å². The van der Waals surface area contributed by atoms with Crippen LogP contribution in [0.25, 0.3) is 0 Å². The van der Waals surface area contributed by atoms with Gasteiger partial charge in [-0.15, -0.1) is 0 Å². The van der Waals surface area contributed by atoms with Crippen LogP contribution in [0.2, 0.25) is 0 Å². The van der Waals surface area contributed by atoms with Crippen LogP contribution in [-0.4, -0.2) is 30.6 Å². The Bertz CT molecular complexity index is 567. The Balaban J connectivity index is 1.57. The van der Waals surface area contributed by atoms with Gasteiger partial charge >= 0.3 is 6.03 Å². The molecular weight excluding hydrogens is 278 g/mol. The van der Waals surface area contributed by atoms with E-state index in [9.17, 15) is 9.59 Å². The lowest BCUT2D eigenvalue weighted by Crippen LogP contribution is -2.51. The van der Waals surface area contributed by atoms with Crippen molar-refractivity contribution >= 4 is 17.6 Å². The Morgan fingerprint density at radius 2 is 1.95 bits per heavy atom. The molecule has 1 unspecified atom stereocenters. The Morgan fingerprint density at radius 3 is 2.73 bits per heavy atom. The second-order valence-corrected chi connectivity index (χ2v) is 6.19. The second kappa shape index (κ2) is 6.38. The zero-order chi connectivity index (χ0) is 15.5.